The molecule has 126 valence electrons. The number of carbonyl (C=O) groups is 2. The van der Waals surface area contributed by atoms with Crippen LogP contribution in [-0.2, 0) is 20.7 Å². The maximum Gasteiger partial charge on any atom is 0.305 e. The third kappa shape index (κ3) is 6.67. The normalized spacial score (nSPS) is 12.9. The van der Waals surface area contributed by atoms with Crippen LogP contribution in [0.2, 0.25) is 0 Å². The number of nitrogens with zero attached hydrogens (tertiary/aromatic N) is 2. The summed E-state index contributed by atoms with van der Waals surface area (Å²) in [6.07, 6.45) is 3.03. The molecule has 9 heteroatoms. The lowest BCUT2D eigenvalue weighted by molar-refractivity contribution is -0.140. The van der Waals surface area contributed by atoms with Crippen molar-refractivity contribution < 1.29 is 14.3 Å². The molecule has 1 atom stereocenters. The number of halogens is 1. The van der Waals surface area contributed by atoms with Gasteiger partial charge in [-0.15, -0.1) is 22.6 Å². The predicted molar refractivity (Wildman–Crippen MR) is 88.2 cm³/mol. The van der Waals surface area contributed by atoms with Crippen molar-refractivity contribution in [2.45, 2.75) is 51.5 Å². The van der Waals surface area contributed by atoms with Gasteiger partial charge in [-0.25, -0.2) is 0 Å². The van der Waals surface area contributed by atoms with Crippen molar-refractivity contribution in [1.29, 1.82) is 0 Å². The Morgan fingerprint density at radius 3 is 2.68 bits per heavy atom. The van der Waals surface area contributed by atoms with E-state index in [0.717, 1.165) is 11.4 Å². The monoisotopic (exact) mass is 350 g/mol. The minimum absolute atomic E-state index is 0. The molecule has 0 aromatic carbocycles. The molecule has 1 unspecified atom stereocenters. The second-order valence-corrected chi connectivity index (χ2v) is 6.11. The minimum atomic E-state index is -0.911. The van der Waals surface area contributed by atoms with Gasteiger partial charge in [0.05, 0.1) is 12.6 Å². The van der Waals surface area contributed by atoms with E-state index in [0.29, 0.717) is 30.8 Å². The molecule has 0 radical (unpaired) electrons. The highest BCUT2D eigenvalue weighted by Crippen LogP contribution is 2.19. The number of nitrogens with one attached hydrogen (secondary N) is 1. The second-order valence-electron chi connectivity index (χ2n) is 5.05. The van der Waals surface area contributed by atoms with Crippen LogP contribution in [0.25, 0.3) is 0 Å². The van der Waals surface area contributed by atoms with Crippen LogP contribution in [0, 0.1) is 0 Å². The van der Waals surface area contributed by atoms with Crippen LogP contribution in [-0.4, -0.2) is 34.7 Å². The second kappa shape index (κ2) is 9.70. The van der Waals surface area contributed by atoms with Crippen molar-refractivity contribution in [1.82, 2.24) is 10.2 Å². The Morgan fingerprint density at radius 1 is 1.41 bits per heavy atom. The van der Waals surface area contributed by atoms with E-state index in [2.05, 4.69) is 20.3 Å². The molecule has 1 amide bonds. The number of esters is 1. The molecule has 0 aliphatic heterocycles. The summed E-state index contributed by atoms with van der Waals surface area (Å²) in [6.45, 7) is 3.67. The van der Waals surface area contributed by atoms with Crippen LogP contribution in [0.3, 0.4) is 0 Å². The third-order valence-electron chi connectivity index (χ3n) is 2.97. The number of ether oxygens (including phenoxy) is 1. The van der Waals surface area contributed by atoms with Crippen molar-refractivity contribution in [3.63, 3.8) is 0 Å². The van der Waals surface area contributed by atoms with E-state index in [9.17, 15) is 9.59 Å². The van der Waals surface area contributed by atoms with E-state index < -0.39 is 5.54 Å². The highest BCUT2D eigenvalue weighted by atomic mass is 35.5. The zero-order chi connectivity index (χ0) is 15.9. The van der Waals surface area contributed by atoms with E-state index in [1.807, 2.05) is 6.92 Å². The van der Waals surface area contributed by atoms with E-state index in [4.69, 9.17) is 5.73 Å². The molecule has 0 saturated heterocycles. The quantitative estimate of drug-likeness (QED) is 0.693. The van der Waals surface area contributed by atoms with Crippen molar-refractivity contribution in [3.05, 3.63) is 5.01 Å². The van der Waals surface area contributed by atoms with E-state index in [-0.39, 0.29) is 24.3 Å². The molecular formula is C13H23ClN4O3S. The highest BCUT2D eigenvalue weighted by molar-refractivity contribution is 7.15. The average Bonchev–Trinajstić information content (AvgIpc) is 2.86. The lowest BCUT2D eigenvalue weighted by atomic mass is 9.97. The lowest BCUT2D eigenvalue weighted by Gasteiger charge is -2.21. The molecule has 0 spiro atoms. The van der Waals surface area contributed by atoms with Crippen LogP contribution < -0.4 is 11.1 Å². The lowest BCUT2D eigenvalue weighted by Crippen LogP contribution is -2.48. The fraction of sp³-hybridized carbons (Fsp3) is 0.692. The van der Waals surface area contributed by atoms with E-state index >= 15 is 0 Å². The number of hydrogen-bond acceptors (Lipinski definition) is 7. The molecule has 0 aliphatic carbocycles. The molecule has 7 nitrogen and oxygen atoms in total. The van der Waals surface area contributed by atoms with Gasteiger partial charge in [0.25, 0.3) is 0 Å². The third-order valence-corrected chi connectivity index (χ3v) is 3.87. The summed E-state index contributed by atoms with van der Waals surface area (Å²) in [6, 6.07) is 0. The molecule has 0 fully saturated rings. The highest BCUT2D eigenvalue weighted by Gasteiger charge is 2.28. The number of amides is 1. The Balaban J connectivity index is 0.00000441. The van der Waals surface area contributed by atoms with Gasteiger partial charge in [0, 0.05) is 12.8 Å². The van der Waals surface area contributed by atoms with Gasteiger partial charge in [0.15, 0.2) is 0 Å². The molecule has 1 rings (SSSR count). The summed E-state index contributed by atoms with van der Waals surface area (Å²) >= 11 is 1.29. The van der Waals surface area contributed by atoms with Gasteiger partial charge in [0.2, 0.25) is 11.0 Å². The zero-order valence-corrected chi connectivity index (χ0v) is 14.7. The van der Waals surface area contributed by atoms with Gasteiger partial charge in [-0.2, -0.15) is 0 Å². The summed E-state index contributed by atoms with van der Waals surface area (Å²) in [7, 11) is 1.36. The van der Waals surface area contributed by atoms with Crippen molar-refractivity contribution in [2.24, 2.45) is 5.73 Å². The smallest absolute Gasteiger partial charge is 0.305 e. The van der Waals surface area contributed by atoms with Crippen LogP contribution in [0.1, 0.15) is 44.5 Å². The summed E-state index contributed by atoms with van der Waals surface area (Å²) in [5.41, 5.74) is 5.04. The molecule has 0 aliphatic rings. The molecule has 22 heavy (non-hydrogen) atoms. The van der Waals surface area contributed by atoms with Gasteiger partial charge in [-0.3, -0.25) is 14.9 Å². The standard InChI is InChI=1S/C13H22N4O3S.ClH/c1-4-8-13(2,14)11(19)15-12-17-16-9(21-12)6-5-7-10(18)20-3;/h4-8,14H2,1-3H3,(H,15,17,19);1H. The first kappa shape index (κ1) is 20.8. The summed E-state index contributed by atoms with van der Waals surface area (Å²) in [4.78, 5) is 23.0. The fourth-order valence-electron chi connectivity index (χ4n) is 1.76. The van der Waals surface area contributed by atoms with E-state index in [1.165, 1.54) is 18.4 Å². The molecular weight excluding hydrogens is 328 g/mol. The van der Waals surface area contributed by atoms with Gasteiger partial charge in [-0.1, -0.05) is 24.7 Å². The summed E-state index contributed by atoms with van der Waals surface area (Å²) in [5.74, 6) is -0.506. The van der Waals surface area contributed by atoms with Crippen LogP contribution >= 0.6 is 23.7 Å². The first-order chi connectivity index (χ1) is 9.89. The minimum Gasteiger partial charge on any atom is -0.469 e. The number of methoxy groups -OCH3 is 1. The van der Waals surface area contributed by atoms with Crippen LogP contribution in [0.5, 0.6) is 0 Å². The molecule has 1 heterocycles. The average molecular weight is 351 g/mol. The van der Waals surface area contributed by atoms with Crippen molar-refractivity contribution in [2.75, 3.05) is 12.4 Å². The Labute approximate surface area is 140 Å². The Morgan fingerprint density at radius 2 is 2.09 bits per heavy atom. The molecule has 1 aromatic heterocycles. The SMILES string of the molecule is CCCC(C)(N)C(=O)Nc1nnc(CCCC(=O)OC)s1.Cl. The predicted octanol–water partition coefficient (Wildman–Crippen LogP) is 1.91. The number of nitrogens with two attached hydrogens (primary N) is 1. The van der Waals surface area contributed by atoms with Gasteiger partial charge >= 0.3 is 5.97 Å². The summed E-state index contributed by atoms with van der Waals surface area (Å²) in [5, 5.41) is 11.8. The number of aromatic nitrogens is 2. The number of rotatable bonds is 8. The Hall–Kier alpha value is -1.25. The first-order valence-corrected chi connectivity index (χ1v) is 7.70. The Kier molecular flexibility index (Phi) is 9.15. The van der Waals surface area contributed by atoms with Crippen molar-refractivity contribution in [3.8, 4) is 0 Å². The number of hydrogen-bond donors (Lipinski definition) is 2. The van der Waals surface area contributed by atoms with Gasteiger partial charge < -0.3 is 10.5 Å². The first-order valence-electron chi connectivity index (χ1n) is 6.88. The number of anilines is 1. The largest absolute Gasteiger partial charge is 0.469 e. The summed E-state index contributed by atoms with van der Waals surface area (Å²) < 4.78 is 4.56. The van der Waals surface area contributed by atoms with Gasteiger partial charge in [0.1, 0.15) is 5.01 Å². The van der Waals surface area contributed by atoms with Crippen LogP contribution in [0.15, 0.2) is 0 Å². The molecule has 0 bridgehead atoms. The van der Waals surface area contributed by atoms with E-state index in [1.54, 1.807) is 6.92 Å². The molecule has 0 saturated carbocycles. The zero-order valence-electron chi connectivity index (χ0n) is 13.0. The number of carbonyl (C=O) groups excluding carboxylic acids is 2. The maximum atomic E-state index is 12.0. The molecule has 1 aromatic rings. The topological polar surface area (TPSA) is 107 Å². The number of aryl methyl sites for hydroxylation is 1. The fourth-order valence-corrected chi connectivity index (χ4v) is 2.54. The van der Waals surface area contributed by atoms with Gasteiger partial charge in [-0.05, 0) is 19.8 Å². The maximum absolute atomic E-state index is 12.0. The molecule has 3 N–H and O–H groups in total. The Bertz CT molecular complexity index is 493. The van der Waals surface area contributed by atoms with Crippen LogP contribution in [0.4, 0.5) is 5.13 Å². The van der Waals surface area contributed by atoms with Crippen molar-refractivity contribution >= 4 is 40.8 Å².